The van der Waals surface area contributed by atoms with Crippen molar-refractivity contribution in [3.05, 3.63) is 35.4 Å². The number of nitrogen functional groups attached to an aromatic ring is 1. The predicted molar refractivity (Wildman–Crippen MR) is 51.0 cm³/mol. The minimum absolute atomic E-state index is 0.00815. The van der Waals surface area contributed by atoms with Crippen LogP contribution in [0.15, 0.2) is 22.7 Å². The van der Waals surface area contributed by atoms with E-state index >= 15 is 0 Å². The van der Waals surface area contributed by atoms with Crippen molar-refractivity contribution in [2.75, 3.05) is 5.73 Å². The fourth-order valence-corrected chi connectivity index (χ4v) is 1.29. The molecule has 0 aliphatic rings. The van der Waals surface area contributed by atoms with Gasteiger partial charge in [0.2, 0.25) is 0 Å². The molecule has 1 aromatic heterocycles. The van der Waals surface area contributed by atoms with Gasteiger partial charge in [0.25, 0.3) is 0 Å². The topological polar surface area (TPSA) is 52.0 Å². The maximum absolute atomic E-state index is 13.6. The van der Waals surface area contributed by atoms with Gasteiger partial charge in [-0.3, -0.25) is 0 Å². The summed E-state index contributed by atoms with van der Waals surface area (Å²) in [5.74, 6) is -1.28. The molecule has 0 saturated carbocycles. The van der Waals surface area contributed by atoms with E-state index in [1.54, 1.807) is 0 Å². The van der Waals surface area contributed by atoms with Crippen LogP contribution >= 0.6 is 0 Å². The standard InChI is InChI=1S/C10H8F2N2O/c1-5-2-3-6(11)9(10(5)12)7-4-8(13)14-15-7/h2-4H,1H3,(H2,13,14). The summed E-state index contributed by atoms with van der Waals surface area (Å²) in [5, 5.41) is 3.37. The third kappa shape index (κ3) is 1.56. The first-order valence-electron chi connectivity index (χ1n) is 4.26. The van der Waals surface area contributed by atoms with Gasteiger partial charge in [0.1, 0.15) is 11.6 Å². The molecule has 2 rings (SSSR count). The Labute approximate surface area is 84.5 Å². The maximum Gasteiger partial charge on any atom is 0.174 e. The molecule has 0 spiro atoms. The Morgan fingerprint density at radius 2 is 2.07 bits per heavy atom. The third-order valence-electron chi connectivity index (χ3n) is 2.06. The highest BCUT2D eigenvalue weighted by Gasteiger charge is 2.17. The Kier molecular flexibility index (Phi) is 2.15. The summed E-state index contributed by atoms with van der Waals surface area (Å²) in [6, 6.07) is 3.81. The second-order valence-electron chi connectivity index (χ2n) is 3.17. The van der Waals surface area contributed by atoms with Gasteiger partial charge in [-0.1, -0.05) is 11.2 Å². The second kappa shape index (κ2) is 3.34. The molecule has 0 radical (unpaired) electrons. The van der Waals surface area contributed by atoms with E-state index in [9.17, 15) is 8.78 Å². The summed E-state index contributed by atoms with van der Waals surface area (Å²) >= 11 is 0. The van der Waals surface area contributed by atoms with Crippen LogP contribution in [-0.4, -0.2) is 5.16 Å². The molecule has 3 nitrogen and oxygen atoms in total. The monoisotopic (exact) mass is 210 g/mol. The first-order valence-corrected chi connectivity index (χ1v) is 4.26. The summed E-state index contributed by atoms with van der Waals surface area (Å²) in [6.07, 6.45) is 0. The van der Waals surface area contributed by atoms with Crippen molar-refractivity contribution in [2.45, 2.75) is 6.92 Å². The van der Waals surface area contributed by atoms with E-state index in [0.29, 0.717) is 5.56 Å². The van der Waals surface area contributed by atoms with E-state index in [1.165, 1.54) is 25.1 Å². The average molecular weight is 210 g/mol. The fraction of sp³-hybridized carbons (Fsp3) is 0.100. The predicted octanol–water partition coefficient (Wildman–Crippen LogP) is 2.51. The van der Waals surface area contributed by atoms with E-state index < -0.39 is 11.6 Å². The molecule has 0 unspecified atom stereocenters. The Bertz CT molecular complexity index is 508. The molecular formula is C10H8F2N2O. The van der Waals surface area contributed by atoms with Crippen molar-refractivity contribution in [3.63, 3.8) is 0 Å². The quantitative estimate of drug-likeness (QED) is 0.786. The zero-order valence-corrected chi connectivity index (χ0v) is 7.92. The van der Waals surface area contributed by atoms with Crippen LogP contribution in [0.5, 0.6) is 0 Å². The highest BCUT2D eigenvalue weighted by molar-refractivity contribution is 5.62. The maximum atomic E-state index is 13.6. The number of anilines is 1. The number of hydrogen-bond acceptors (Lipinski definition) is 3. The number of benzene rings is 1. The summed E-state index contributed by atoms with van der Waals surface area (Å²) in [4.78, 5) is 0. The lowest BCUT2D eigenvalue weighted by molar-refractivity contribution is 0.429. The second-order valence-corrected chi connectivity index (χ2v) is 3.17. The summed E-state index contributed by atoms with van der Waals surface area (Å²) in [7, 11) is 0. The number of aryl methyl sites for hydroxylation is 1. The molecule has 0 saturated heterocycles. The number of nitrogens with zero attached hydrogens (tertiary/aromatic N) is 1. The van der Waals surface area contributed by atoms with Crippen LogP contribution in [0.1, 0.15) is 5.56 Å². The molecule has 2 N–H and O–H groups in total. The lowest BCUT2D eigenvalue weighted by Crippen LogP contribution is -1.92. The van der Waals surface area contributed by atoms with E-state index in [2.05, 4.69) is 5.16 Å². The van der Waals surface area contributed by atoms with E-state index in [0.717, 1.165) is 0 Å². The van der Waals surface area contributed by atoms with Crippen LogP contribution < -0.4 is 5.73 Å². The van der Waals surface area contributed by atoms with Gasteiger partial charge < -0.3 is 10.3 Å². The number of rotatable bonds is 1. The highest BCUT2D eigenvalue weighted by atomic mass is 19.1. The molecule has 78 valence electrons. The Balaban J connectivity index is 2.66. The zero-order valence-electron chi connectivity index (χ0n) is 7.92. The first kappa shape index (κ1) is 9.64. The Morgan fingerprint density at radius 3 is 2.67 bits per heavy atom. The summed E-state index contributed by atoms with van der Waals surface area (Å²) in [6.45, 7) is 1.54. The zero-order chi connectivity index (χ0) is 11.0. The third-order valence-corrected chi connectivity index (χ3v) is 2.06. The van der Waals surface area contributed by atoms with Gasteiger partial charge in [-0.2, -0.15) is 0 Å². The van der Waals surface area contributed by atoms with Crippen LogP contribution in [0, 0.1) is 18.6 Å². The summed E-state index contributed by atoms with van der Waals surface area (Å²) in [5.41, 5.74) is 5.40. The molecule has 2 aromatic rings. The van der Waals surface area contributed by atoms with Crippen LogP contribution in [0.25, 0.3) is 11.3 Å². The Hall–Kier alpha value is -1.91. The van der Waals surface area contributed by atoms with E-state index in [1.807, 2.05) is 0 Å². The van der Waals surface area contributed by atoms with Gasteiger partial charge in [-0.05, 0) is 18.6 Å². The number of hydrogen-bond donors (Lipinski definition) is 1. The van der Waals surface area contributed by atoms with E-state index in [-0.39, 0.29) is 17.1 Å². The van der Waals surface area contributed by atoms with Crippen molar-refractivity contribution in [1.82, 2.24) is 5.16 Å². The normalized spacial score (nSPS) is 10.6. The van der Waals surface area contributed by atoms with Gasteiger partial charge in [0.05, 0.1) is 5.56 Å². The molecule has 0 aliphatic heterocycles. The minimum atomic E-state index is -0.700. The SMILES string of the molecule is Cc1ccc(F)c(-c2cc(N)no2)c1F. The lowest BCUT2D eigenvalue weighted by Gasteiger charge is -2.02. The molecule has 0 amide bonds. The lowest BCUT2D eigenvalue weighted by atomic mass is 10.1. The largest absolute Gasteiger partial charge is 0.381 e. The molecule has 0 atom stereocenters. The fourth-order valence-electron chi connectivity index (χ4n) is 1.29. The van der Waals surface area contributed by atoms with Crippen molar-refractivity contribution in [2.24, 2.45) is 0 Å². The molecule has 5 heteroatoms. The number of halogens is 2. The summed E-state index contributed by atoms with van der Waals surface area (Å²) < 4.78 is 31.7. The minimum Gasteiger partial charge on any atom is -0.381 e. The molecule has 15 heavy (non-hydrogen) atoms. The molecule has 0 aliphatic carbocycles. The van der Waals surface area contributed by atoms with Gasteiger partial charge in [0.15, 0.2) is 11.6 Å². The van der Waals surface area contributed by atoms with Gasteiger partial charge in [0, 0.05) is 6.07 Å². The molecule has 1 aromatic carbocycles. The van der Waals surface area contributed by atoms with Crippen molar-refractivity contribution >= 4 is 5.82 Å². The number of nitrogens with two attached hydrogens (primary N) is 1. The number of aromatic nitrogens is 1. The first-order chi connectivity index (χ1) is 7.09. The van der Waals surface area contributed by atoms with Gasteiger partial charge >= 0.3 is 0 Å². The van der Waals surface area contributed by atoms with Crippen LogP contribution in [0.2, 0.25) is 0 Å². The molecule has 0 fully saturated rings. The molecule has 0 bridgehead atoms. The molecular weight excluding hydrogens is 202 g/mol. The Morgan fingerprint density at radius 1 is 1.33 bits per heavy atom. The van der Waals surface area contributed by atoms with Gasteiger partial charge in [-0.25, -0.2) is 8.78 Å². The average Bonchev–Trinajstić information content (AvgIpc) is 2.59. The van der Waals surface area contributed by atoms with E-state index in [4.69, 9.17) is 10.3 Å². The van der Waals surface area contributed by atoms with Crippen LogP contribution in [0.3, 0.4) is 0 Å². The van der Waals surface area contributed by atoms with Crippen molar-refractivity contribution < 1.29 is 13.3 Å². The van der Waals surface area contributed by atoms with Crippen LogP contribution in [0.4, 0.5) is 14.6 Å². The van der Waals surface area contributed by atoms with Crippen molar-refractivity contribution in [1.29, 1.82) is 0 Å². The van der Waals surface area contributed by atoms with Crippen molar-refractivity contribution in [3.8, 4) is 11.3 Å². The highest BCUT2D eigenvalue weighted by Crippen LogP contribution is 2.28. The molecule has 1 heterocycles. The van der Waals surface area contributed by atoms with Gasteiger partial charge in [-0.15, -0.1) is 0 Å². The van der Waals surface area contributed by atoms with Crippen LogP contribution in [-0.2, 0) is 0 Å². The smallest absolute Gasteiger partial charge is 0.174 e.